The van der Waals surface area contributed by atoms with E-state index in [0.29, 0.717) is 23.3 Å². The van der Waals surface area contributed by atoms with Gasteiger partial charge < -0.3 is 9.47 Å². The Morgan fingerprint density at radius 1 is 0.280 bits per heavy atom. The van der Waals surface area contributed by atoms with E-state index in [1.165, 1.54) is 54.6 Å². The van der Waals surface area contributed by atoms with Crippen LogP contribution in [0.25, 0.3) is 76.8 Å². The molecule has 4 nitrogen and oxygen atoms in total. The summed E-state index contributed by atoms with van der Waals surface area (Å²) in [7, 11) is 0. The largest absolute Gasteiger partial charge is 0.431 e. The summed E-state index contributed by atoms with van der Waals surface area (Å²) in [4.78, 5) is 8.46. The van der Waals surface area contributed by atoms with Crippen molar-refractivity contribution < 1.29 is 9.47 Å². The van der Waals surface area contributed by atoms with Gasteiger partial charge >= 0.3 is 0 Å². The predicted molar refractivity (Wildman–Crippen MR) is 203 cm³/mol. The van der Waals surface area contributed by atoms with E-state index in [0.717, 1.165) is 22.3 Å². The molecular weight excluding hydrogens is 613 g/mol. The van der Waals surface area contributed by atoms with Crippen LogP contribution < -0.4 is 9.47 Å². The molecule has 1 aromatic heterocycles. The topological polar surface area (TPSA) is 44.2 Å². The van der Waals surface area contributed by atoms with Gasteiger partial charge in [-0.15, -0.1) is 0 Å². The molecule has 1 aliphatic rings. The number of ether oxygens (including phenoxy) is 2. The number of hydrogen-bond acceptors (Lipinski definition) is 4. The summed E-state index contributed by atoms with van der Waals surface area (Å²) < 4.78 is 11.9. The quantitative estimate of drug-likeness (QED) is 0.180. The lowest BCUT2D eigenvalue weighted by atomic mass is 9.91. The second-order valence-electron chi connectivity index (χ2n) is 12.6. The average Bonchev–Trinajstić information content (AvgIpc) is 3.20. The summed E-state index contributed by atoms with van der Waals surface area (Å²) in [6.45, 7) is 0. The third-order valence-electron chi connectivity index (χ3n) is 9.68. The highest BCUT2D eigenvalue weighted by molar-refractivity contribution is 6.25. The van der Waals surface area contributed by atoms with Gasteiger partial charge in [-0.25, -0.2) is 9.97 Å². The minimum atomic E-state index is 0.371. The normalized spacial score (nSPS) is 11.9. The van der Waals surface area contributed by atoms with Gasteiger partial charge in [-0.3, -0.25) is 0 Å². The van der Waals surface area contributed by atoms with Gasteiger partial charge in [0.15, 0.2) is 11.5 Å². The number of hydrogen-bond donors (Lipinski definition) is 0. The molecule has 0 atom stereocenters. The van der Waals surface area contributed by atoms with Crippen molar-refractivity contribution in [2.75, 3.05) is 0 Å². The molecule has 0 spiro atoms. The Hall–Kier alpha value is -6.78. The van der Waals surface area contributed by atoms with Crippen molar-refractivity contribution in [3.05, 3.63) is 170 Å². The van der Waals surface area contributed by atoms with Gasteiger partial charge in [-0.05, 0) is 107 Å². The second kappa shape index (κ2) is 11.4. The smallest absolute Gasteiger partial charge is 0.284 e. The molecule has 0 saturated carbocycles. The molecule has 2 heterocycles. The Bertz CT molecular complexity index is 2730. The molecule has 0 saturated heterocycles. The lowest BCUT2D eigenvalue weighted by Gasteiger charge is -2.19. The summed E-state index contributed by atoms with van der Waals surface area (Å²) in [5.74, 6) is 1.99. The molecule has 50 heavy (non-hydrogen) atoms. The van der Waals surface area contributed by atoms with Crippen molar-refractivity contribution in [3.8, 4) is 67.8 Å². The molecule has 9 aromatic rings. The number of aromatic nitrogens is 2. The van der Waals surface area contributed by atoms with Crippen LogP contribution >= 0.6 is 0 Å². The Kier molecular flexibility index (Phi) is 6.46. The van der Waals surface area contributed by atoms with Gasteiger partial charge in [0.25, 0.3) is 11.8 Å². The van der Waals surface area contributed by atoms with E-state index in [1.807, 2.05) is 18.2 Å². The number of fused-ring (bicyclic) bond motifs is 8. The fourth-order valence-corrected chi connectivity index (χ4v) is 7.21. The monoisotopic (exact) mass is 640 g/mol. The van der Waals surface area contributed by atoms with Crippen molar-refractivity contribution in [1.82, 2.24) is 9.97 Å². The number of nitrogens with zero attached hydrogens (tertiary/aromatic N) is 2. The minimum absolute atomic E-state index is 0.371. The molecule has 0 aliphatic carbocycles. The lowest BCUT2D eigenvalue weighted by molar-refractivity contribution is 0.336. The Labute approximate surface area is 288 Å². The first-order valence-corrected chi connectivity index (χ1v) is 16.7. The van der Waals surface area contributed by atoms with Gasteiger partial charge in [-0.2, -0.15) is 0 Å². The van der Waals surface area contributed by atoms with E-state index in [9.17, 15) is 0 Å². The lowest BCUT2D eigenvalue weighted by Crippen LogP contribution is -2.02. The van der Waals surface area contributed by atoms with Crippen LogP contribution in [0.3, 0.4) is 0 Å². The van der Waals surface area contributed by atoms with E-state index in [2.05, 4.69) is 149 Å². The molecule has 4 heteroatoms. The van der Waals surface area contributed by atoms with E-state index >= 15 is 0 Å². The molecule has 0 bridgehead atoms. The summed E-state index contributed by atoms with van der Waals surface area (Å²) >= 11 is 0. The van der Waals surface area contributed by atoms with Crippen LogP contribution in [-0.2, 0) is 0 Å². The fraction of sp³-hybridized carbons (Fsp3) is 0. The summed E-state index contributed by atoms with van der Waals surface area (Å²) in [6, 6.07) is 56.5. The molecule has 10 rings (SSSR count). The van der Waals surface area contributed by atoms with Crippen LogP contribution in [0.5, 0.6) is 23.3 Å². The molecule has 0 N–H and O–H groups in total. The number of rotatable bonds is 4. The first kappa shape index (κ1) is 28.3. The van der Waals surface area contributed by atoms with Crippen LogP contribution in [0.4, 0.5) is 0 Å². The zero-order valence-electron chi connectivity index (χ0n) is 26.9. The van der Waals surface area contributed by atoms with Crippen LogP contribution in [0.2, 0.25) is 0 Å². The van der Waals surface area contributed by atoms with E-state index in [1.54, 1.807) is 12.4 Å². The van der Waals surface area contributed by atoms with Crippen molar-refractivity contribution in [2.24, 2.45) is 0 Å². The standard InChI is InChI=1S/C46H28N2O2/c1-2-13-39-37(11-1)38-12-3-4-14-40(38)42-27-35(19-21-41(39)42)30-17-15-29(16-18-30)31-7-5-8-32(25-31)33-9-6-10-34(26-33)36-20-22-43-44(28-36)50-46-45(49-43)47-23-24-48-46/h1-28H. The van der Waals surface area contributed by atoms with Crippen LogP contribution in [0, 0.1) is 0 Å². The van der Waals surface area contributed by atoms with E-state index < -0.39 is 0 Å². The molecule has 1 aliphatic heterocycles. The van der Waals surface area contributed by atoms with Crippen LogP contribution in [0.15, 0.2) is 170 Å². The van der Waals surface area contributed by atoms with Gasteiger partial charge in [0, 0.05) is 12.4 Å². The summed E-state index contributed by atoms with van der Waals surface area (Å²) in [5, 5.41) is 7.74. The van der Waals surface area contributed by atoms with Gasteiger partial charge in [0.05, 0.1) is 0 Å². The third-order valence-corrected chi connectivity index (χ3v) is 9.68. The zero-order chi connectivity index (χ0) is 33.0. The highest BCUT2D eigenvalue weighted by Gasteiger charge is 2.21. The fourth-order valence-electron chi connectivity index (χ4n) is 7.21. The van der Waals surface area contributed by atoms with Crippen molar-refractivity contribution >= 4 is 32.3 Å². The highest BCUT2D eigenvalue weighted by Crippen LogP contribution is 2.44. The van der Waals surface area contributed by atoms with E-state index in [4.69, 9.17) is 9.47 Å². The van der Waals surface area contributed by atoms with Crippen molar-refractivity contribution in [1.29, 1.82) is 0 Å². The molecule has 0 unspecified atom stereocenters. The SMILES string of the molecule is c1cc(-c2ccc(-c3ccc4c5ccccc5c5ccccc5c4c3)cc2)cc(-c2cccc(-c3ccc4c(c3)Oc3nccnc3O4)c2)c1. The first-order valence-electron chi connectivity index (χ1n) is 16.7. The second-order valence-corrected chi connectivity index (χ2v) is 12.6. The Morgan fingerprint density at radius 2 is 0.680 bits per heavy atom. The summed E-state index contributed by atoms with van der Waals surface area (Å²) in [6.07, 6.45) is 3.18. The van der Waals surface area contributed by atoms with Crippen molar-refractivity contribution in [3.63, 3.8) is 0 Å². The third kappa shape index (κ3) is 4.77. The molecule has 234 valence electrons. The minimum Gasteiger partial charge on any atom is -0.431 e. The molecule has 0 radical (unpaired) electrons. The predicted octanol–water partition coefficient (Wildman–Crippen LogP) is 12.5. The molecule has 0 fully saturated rings. The average molecular weight is 641 g/mol. The van der Waals surface area contributed by atoms with Gasteiger partial charge in [0.1, 0.15) is 0 Å². The van der Waals surface area contributed by atoms with E-state index in [-0.39, 0.29) is 0 Å². The van der Waals surface area contributed by atoms with Crippen molar-refractivity contribution in [2.45, 2.75) is 0 Å². The zero-order valence-corrected chi connectivity index (χ0v) is 26.9. The molecule has 0 amide bonds. The first-order chi connectivity index (χ1) is 24.7. The molecular formula is C46H28N2O2. The molecule has 8 aromatic carbocycles. The summed E-state index contributed by atoms with van der Waals surface area (Å²) in [5.41, 5.74) is 9.19. The maximum Gasteiger partial charge on any atom is 0.284 e. The maximum atomic E-state index is 6.01. The van der Waals surface area contributed by atoms with Gasteiger partial charge in [0.2, 0.25) is 0 Å². The van der Waals surface area contributed by atoms with Crippen LogP contribution in [0.1, 0.15) is 0 Å². The Balaban J connectivity index is 0.951. The maximum absolute atomic E-state index is 6.01. The van der Waals surface area contributed by atoms with Crippen LogP contribution in [-0.4, -0.2) is 9.97 Å². The van der Waals surface area contributed by atoms with Gasteiger partial charge in [-0.1, -0.05) is 127 Å². The number of benzene rings is 8. The highest BCUT2D eigenvalue weighted by atomic mass is 16.6. The Morgan fingerprint density at radius 3 is 1.24 bits per heavy atom.